The van der Waals surface area contributed by atoms with E-state index < -0.39 is 4.92 Å². The van der Waals surface area contributed by atoms with E-state index in [0.717, 1.165) is 28.0 Å². The molecule has 0 aliphatic heterocycles. The third-order valence-corrected chi connectivity index (χ3v) is 4.09. The van der Waals surface area contributed by atoms with Crippen molar-refractivity contribution >= 4 is 16.9 Å². The lowest BCUT2D eigenvalue weighted by Gasteiger charge is -2.09. The molecule has 0 saturated carbocycles. The number of methoxy groups -OCH3 is 1. The van der Waals surface area contributed by atoms with Crippen LogP contribution in [0.1, 0.15) is 5.56 Å². The Bertz CT molecular complexity index is 1070. The lowest BCUT2D eigenvalue weighted by molar-refractivity contribution is -0.389. The minimum absolute atomic E-state index is 0.183. The molecule has 0 radical (unpaired) electrons. The molecule has 0 saturated heterocycles. The van der Waals surface area contributed by atoms with Crippen LogP contribution in [-0.2, 0) is 6.54 Å². The SMILES string of the molecule is COc1ccc(-c2nc3ccccc3[nH]2)cc1Cn1ccc([N+](=O)[O-])n1. The van der Waals surface area contributed by atoms with Gasteiger partial charge in [0.2, 0.25) is 0 Å². The number of H-pyrrole nitrogens is 1. The van der Waals surface area contributed by atoms with Gasteiger partial charge in [-0.15, -0.1) is 0 Å². The number of aromatic nitrogens is 4. The first-order chi connectivity index (χ1) is 12.6. The molecule has 26 heavy (non-hydrogen) atoms. The molecule has 0 atom stereocenters. The smallest absolute Gasteiger partial charge is 0.389 e. The number of benzene rings is 2. The summed E-state index contributed by atoms with van der Waals surface area (Å²) in [4.78, 5) is 18.2. The monoisotopic (exact) mass is 349 g/mol. The number of hydrogen-bond acceptors (Lipinski definition) is 5. The Morgan fingerprint density at radius 2 is 2.08 bits per heavy atom. The molecule has 130 valence electrons. The van der Waals surface area contributed by atoms with Crippen molar-refractivity contribution in [3.8, 4) is 17.1 Å². The van der Waals surface area contributed by atoms with E-state index in [1.165, 1.54) is 10.7 Å². The summed E-state index contributed by atoms with van der Waals surface area (Å²) in [6.07, 6.45) is 1.57. The second kappa shape index (κ2) is 6.32. The predicted octanol–water partition coefficient (Wildman–Crippen LogP) is 3.39. The van der Waals surface area contributed by atoms with Crippen LogP contribution in [0.15, 0.2) is 54.7 Å². The lowest BCUT2D eigenvalue weighted by atomic mass is 10.1. The summed E-state index contributed by atoms with van der Waals surface area (Å²) in [5, 5.41) is 14.8. The van der Waals surface area contributed by atoms with Crippen molar-refractivity contribution in [2.24, 2.45) is 0 Å². The number of nitro groups is 1. The van der Waals surface area contributed by atoms with Crippen LogP contribution in [0.4, 0.5) is 5.82 Å². The largest absolute Gasteiger partial charge is 0.496 e. The maximum atomic E-state index is 10.8. The van der Waals surface area contributed by atoms with Gasteiger partial charge in [0.15, 0.2) is 0 Å². The highest BCUT2D eigenvalue weighted by molar-refractivity contribution is 5.79. The van der Waals surface area contributed by atoms with Crippen molar-refractivity contribution in [2.75, 3.05) is 7.11 Å². The van der Waals surface area contributed by atoms with Crippen LogP contribution < -0.4 is 4.74 Å². The Morgan fingerprint density at radius 1 is 1.23 bits per heavy atom. The van der Waals surface area contributed by atoms with Crippen molar-refractivity contribution in [1.29, 1.82) is 0 Å². The van der Waals surface area contributed by atoms with Crippen molar-refractivity contribution in [2.45, 2.75) is 6.54 Å². The summed E-state index contributed by atoms with van der Waals surface area (Å²) in [5.74, 6) is 1.25. The average molecular weight is 349 g/mol. The molecule has 0 bridgehead atoms. The number of nitrogens with zero attached hydrogens (tertiary/aromatic N) is 4. The van der Waals surface area contributed by atoms with E-state index in [4.69, 9.17) is 4.74 Å². The fraction of sp³-hybridized carbons (Fsp3) is 0.111. The van der Waals surface area contributed by atoms with E-state index in [0.29, 0.717) is 12.3 Å². The quantitative estimate of drug-likeness (QED) is 0.440. The molecule has 2 aromatic heterocycles. The van der Waals surface area contributed by atoms with Gasteiger partial charge < -0.3 is 19.8 Å². The molecular weight excluding hydrogens is 334 g/mol. The number of aromatic amines is 1. The molecule has 0 amide bonds. The van der Waals surface area contributed by atoms with E-state index in [1.807, 2.05) is 42.5 Å². The molecule has 0 aliphatic rings. The molecule has 1 N–H and O–H groups in total. The van der Waals surface area contributed by atoms with Gasteiger partial charge >= 0.3 is 5.82 Å². The number of rotatable bonds is 5. The maximum absolute atomic E-state index is 10.8. The predicted molar refractivity (Wildman–Crippen MR) is 96.1 cm³/mol. The van der Waals surface area contributed by atoms with Gasteiger partial charge in [0, 0.05) is 11.1 Å². The molecule has 2 heterocycles. The molecule has 8 heteroatoms. The van der Waals surface area contributed by atoms with Crippen LogP contribution in [0.5, 0.6) is 5.75 Å². The van der Waals surface area contributed by atoms with Crippen molar-refractivity contribution in [3.63, 3.8) is 0 Å². The Labute approximate surface area is 148 Å². The van der Waals surface area contributed by atoms with Gasteiger partial charge in [-0.2, -0.15) is 4.68 Å². The fourth-order valence-corrected chi connectivity index (χ4v) is 2.85. The Kier molecular flexibility index (Phi) is 3.85. The second-order valence-electron chi connectivity index (χ2n) is 5.76. The lowest BCUT2D eigenvalue weighted by Crippen LogP contribution is -2.03. The van der Waals surface area contributed by atoms with Gasteiger partial charge in [-0.25, -0.2) is 4.98 Å². The van der Waals surface area contributed by atoms with Gasteiger partial charge in [0.05, 0.1) is 42.0 Å². The molecule has 8 nitrogen and oxygen atoms in total. The first kappa shape index (κ1) is 15.8. The molecule has 0 spiro atoms. The number of imidazole rings is 1. The topological polar surface area (TPSA) is 98.9 Å². The number of nitrogens with one attached hydrogen (secondary N) is 1. The zero-order chi connectivity index (χ0) is 18.1. The van der Waals surface area contributed by atoms with E-state index >= 15 is 0 Å². The fourth-order valence-electron chi connectivity index (χ4n) is 2.85. The Balaban J connectivity index is 1.71. The van der Waals surface area contributed by atoms with E-state index in [-0.39, 0.29) is 5.82 Å². The van der Waals surface area contributed by atoms with Crippen LogP contribution in [0, 0.1) is 10.1 Å². The summed E-state index contributed by atoms with van der Waals surface area (Å²) < 4.78 is 6.93. The number of ether oxygens (including phenoxy) is 1. The molecule has 0 aliphatic carbocycles. The standard InChI is InChI=1S/C18H15N5O3/c1-26-16-7-6-12(18-19-14-4-2-3-5-15(14)20-18)10-13(16)11-22-9-8-17(21-22)23(24)25/h2-10H,11H2,1H3,(H,19,20). The molecule has 0 unspecified atom stereocenters. The summed E-state index contributed by atoms with van der Waals surface area (Å²) >= 11 is 0. The van der Waals surface area contributed by atoms with Gasteiger partial charge in [-0.1, -0.05) is 12.1 Å². The molecule has 2 aromatic carbocycles. The van der Waals surface area contributed by atoms with Crippen molar-refractivity contribution in [1.82, 2.24) is 19.7 Å². The summed E-state index contributed by atoms with van der Waals surface area (Å²) in [6.45, 7) is 0.352. The minimum Gasteiger partial charge on any atom is -0.496 e. The number of para-hydroxylation sites is 2. The van der Waals surface area contributed by atoms with Crippen LogP contribution in [-0.4, -0.2) is 31.8 Å². The molecule has 4 rings (SSSR count). The normalized spacial score (nSPS) is 11.0. The van der Waals surface area contributed by atoms with E-state index in [2.05, 4.69) is 15.1 Å². The second-order valence-corrected chi connectivity index (χ2v) is 5.76. The first-order valence-corrected chi connectivity index (χ1v) is 7.94. The zero-order valence-electron chi connectivity index (χ0n) is 13.9. The third kappa shape index (κ3) is 2.88. The number of hydrogen-bond donors (Lipinski definition) is 1. The van der Waals surface area contributed by atoms with Gasteiger partial charge in [0.1, 0.15) is 11.6 Å². The number of fused-ring (bicyclic) bond motifs is 1. The highest BCUT2D eigenvalue weighted by atomic mass is 16.6. The van der Waals surface area contributed by atoms with Crippen LogP contribution in [0.25, 0.3) is 22.4 Å². The minimum atomic E-state index is -0.515. The molecule has 0 fully saturated rings. The average Bonchev–Trinajstić information content (AvgIpc) is 3.28. The summed E-state index contributed by atoms with van der Waals surface area (Å²) in [6, 6.07) is 14.9. The zero-order valence-corrected chi connectivity index (χ0v) is 13.9. The Hall–Kier alpha value is -3.68. The highest BCUT2D eigenvalue weighted by Crippen LogP contribution is 2.27. The van der Waals surface area contributed by atoms with Crippen LogP contribution >= 0.6 is 0 Å². The molecular formula is C18H15N5O3. The van der Waals surface area contributed by atoms with Crippen molar-refractivity contribution < 1.29 is 9.66 Å². The van der Waals surface area contributed by atoms with Gasteiger partial charge in [0.25, 0.3) is 0 Å². The maximum Gasteiger partial charge on any atom is 0.389 e. The van der Waals surface area contributed by atoms with E-state index in [1.54, 1.807) is 13.3 Å². The summed E-state index contributed by atoms with van der Waals surface area (Å²) in [7, 11) is 1.59. The van der Waals surface area contributed by atoms with Crippen LogP contribution in [0.3, 0.4) is 0 Å². The third-order valence-electron chi connectivity index (χ3n) is 4.09. The van der Waals surface area contributed by atoms with Crippen LogP contribution in [0.2, 0.25) is 0 Å². The highest BCUT2D eigenvalue weighted by Gasteiger charge is 2.14. The Morgan fingerprint density at radius 3 is 2.81 bits per heavy atom. The molecule has 4 aromatic rings. The van der Waals surface area contributed by atoms with Gasteiger partial charge in [-0.05, 0) is 35.3 Å². The van der Waals surface area contributed by atoms with Gasteiger partial charge in [-0.3, -0.25) is 0 Å². The summed E-state index contributed by atoms with van der Waals surface area (Å²) in [5.41, 5.74) is 3.60. The van der Waals surface area contributed by atoms with Crippen molar-refractivity contribution in [3.05, 3.63) is 70.4 Å². The first-order valence-electron chi connectivity index (χ1n) is 7.94. The van der Waals surface area contributed by atoms with E-state index in [9.17, 15) is 10.1 Å².